The van der Waals surface area contributed by atoms with Crippen LogP contribution in [0.2, 0.25) is 0 Å². The maximum absolute atomic E-state index is 13.0. The predicted molar refractivity (Wildman–Crippen MR) is 104 cm³/mol. The lowest BCUT2D eigenvalue weighted by Gasteiger charge is -2.29. The molecule has 1 amide bonds. The molecule has 0 aliphatic heterocycles. The smallest absolute Gasteiger partial charge is 0.227 e. The average molecular weight is 364 g/mol. The summed E-state index contributed by atoms with van der Waals surface area (Å²) >= 11 is 0. The minimum absolute atomic E-state index is 0.0478. The molecule has 1 unspecified atom stereocenters. The van der Waals surface area contributed by atoms with E-state index in [0.29, 0.717) is 29.0 Å². The third-order valence-electron chi connectivity index (χ3n) is 4.68. The van der Waals surface area contributed by atoms with E-state index in [0.717, 1.165) is 5.56 Å². The Hall–Kier alpha value is -3.13. The molecule has 0 aliphatic carbocycles. The van der Waals surface area contributed by atoms with Gasteiger partial charge in [-0.3, -0.25) is 9.59 Å². The number of nitrogens with zero attached hydrogens (tertiary/aromatic N) is 2. The molecule has 0 saturated carbocycles. The molecule has 27 heavy (non-hydrogen) atoms. The highest BCUT2D eigenvalue weighted by Crippen LogP contribution is 2.25. The lowest BCUT2D eigenvalue weighted by molar-refractivity contribution is -0.132. The number of hydrogen-bond acceptors (Lipinski definition) is 4. The van der Waals surface area contributed by atoms with Crippen molar-refractivity contribution < 1.29 is 14.3 Å². The van der Waals surface area contributed by atoms with Crippen LogP contribution in [-0.4, -0.2) is 30.2 Å². The minimum atomic E-state index is -0.128. The van der Waals surface area contributed by atoms with E-state index in [-0.39, 0.29) is 24.2 Å². The van der Waals surface area contributed by atoms with Gasteiger partial charge in [0.2, 0.25) is 5.91 Å². The molecule has 0 radical (unpaired) electrons. The first-order chi connectivity index (χ1) is 12.9. The van der Waals surface area contributed by atoms with Crippen LogP contribution in [0.25, 0.3) is 0 Å². The number of rotatable bonds is 7. The van der Waals surface area contributed by atoms with Crippen molar-refractivity contribution in [2.24, 2.45) is 0 Å². The molecule has 0 bridgehead atoms. The fraction of sp³-hybridized carbons (Fsp3) is 0.318. The molecular formula is C22H24N2O3. The lowest BCUT2D eigenvalue weighted by Crippen LogP contribution is -2.34. The molecule has 0 spiro atoms. The van der Waals surface area contributed by atoms with Gasteiger partial charge >= 0.3 is 0 Å². The Morgan fingerprint density at radius 3 is 2.37 bits per heavy atom. The normalized spacial score (nSPS) is 11.4. The molecular weight excluding hydrogens is 340 g/mol. The van der Waals surface area contributed by atoms with Gasteiger partial charge in [-0.15, -0.1) is 0 Å². The molecule has 0 saturated heterocycles. The van der Waals surface area contributed by atoms with E-state index in [1.165, 1.54) is 6.92 Å². The van der Waals surface area contributed by atoms with Crippen LogP contribution < -0.4 is 4.74 Å². The average Bonchev–Trinajstić information content (AvgIpc) is 2.68. The van der Waals surface area contributed by atoms with E-state index in [9.17, 15) is 9.59 Å². The SMILES string of the molecule is CCN(C(=O)Cc1cc(C(C)=O)ccc1OC)C(C)c1ccc(C#N)cc1. The number of carbonyl (C=O) groups excluding carboxylic acids is 2. The van der Waals surface area contributed by atoms with Crippen molar-refractivity contribution in [3.8, 4) is 11.8 Å². The first-order valence-corrected chi connectivity index (χ1v) is 8.88. The number of Topliss-reactive ketones (excluding diaryl/α,β-unsaturated/α-hetero) is 1. The molecule has 0 heterocycles. The fourth-order valence-electron chi connectivity index (χ4n) is 3.08. The van der Waals surface area contributed by atoms with Crippen LogP contribution >= 0.6 is 0 Å². The van der Waals surface area contributed by atoms with Crippen molar-refractivity contribution in [2.75, 3.05) is 13.7 Å². The molecule has 0 fully saturated rings. The van der Waals surface area contributed by atoms with Gasteiger partial charge in [-0.2, -0.15) is 5.26 Å². The van der Waals surface area contributed by atoms with Crippen LogP contribution in [0, 0.1) is 11.3 Å². The van der Waals surface area contributed by atoms with Gasteiger partial charge < -0.3 is 9.64 Å². The second-order valence-electron chi connectivity index (χ2n) is 6.35. The van der Waals surface area contributed by atoms with Crippen molar-refractivity contribution in [3.63, 3.8) is 0 Å². The number of methoxy groups -OCH3 is 1. The summed E-state index contributed by atoms with van der Waals surface area (Å²) in [6.07, 6.45) is 0.152. The van der Waals surface area contributed by atoms with Gasteiger partial charge in [0.15, 0.2) is 5.78 Å². The van der Waals surface area contributed by atoms with Crippen LogP contribution in [0.5, 0.6) is 5.75 Å². The summed E-state index contributed by atoms with van der Waals surface area (Å²) in [5.74, 6) is 0.494. The fourth-order valence-corrected chi connectivity index (χ4v) is 3.08. The van der Waals surface area contributed by atoms with Crippen molar-refractivity contribution in [1.82, 2.24) is 4.90 Å². The number of hydrogen-bond donors (Lipinski definition) is 0. The van der Waals surface area contributed by atoms with Gasteiger partial charge in [0.25, 0.3) is 0 Å². The van der Waals surface area contributed by atoms with E-state index in [2.05, 4.69) is 6.07 Å². The van der Waals surface area contributed by atoms with E-state index < -0.39 is 0 Å². The Bertz CT molecular complexity index is 866. The van der Waals surface area contributed by atoms with Crippen LogP contribution in [0.1, 0.15) is 53.9 Å². The second kappa shape index (κ2) is 9.00. The monoisotopic (exact) mass is 364 g/mol. The van der Waals surface area contributed by atoms with Crippen LogP contribution in [-0.2, 0) is 11.2 Å². The maximum atomic E-state index is 13.0. The summed E-state index contributed by atoms with van der Waals surface area (Å²) in [6.45, 7) is 5.95. The number of amides is 1. The van der Waals surface area contributed by atoms with Crippen LogP contribution in [0.3, 0.4) is 0 Å². The molecule has 2 aromatic rings. The Kier molecular flexibility index (Phi) is 6.73. The third kappa shape index (κ3) is 4.73. The Labute approximate surface area is 160 Å². The highest BCUT2D eigenvalue weighted by Gasteiger charge is 2.21. The van der Waals surface area contributed by atoms with Crippen LogP contribution in [0.15, 0.2) is 42.5 Å². The Balaban J connectivity index is 2.25. The summed E-state index contributed by atoms with van der Waals surface area (Å²) in [5.41, 5.74) is 2.81. The molecule has 2 rings (SSSR count). The van der Waals surface area contributed by atoms with Gasteiger partial charge in [-0.1, -0.05) is 12.1 Å². The number of ether oxygens (including phenoxy) is 1. The molecule has 5 nitrogen and oxygen atoms in total. The summed E-state index contributed by atoms with van der Waals surface area (Å²) in [6, 6.07) is 14.4. The van der Waals surface area contributed by atoms with Crippen molar-refractivity contribution in [2.45, 2.75) is 33.2 Å². The highest BCUT2D eigenvalue weighted by molar-refractivity contribution is 5.94. The van der Waals surface area contributed by atoms with Crippen LogP contribution in [0.4, 0.5) is 0 Å². The number of nitriles is 1. The predicted octanol–water partition coefficient (Wildman–Crippen LogP) is 3.92. The number of benzene rings is 2. The molecule has 140 valence electrons. The van der Waals surface area contributed by atoms with Crippen molar-refractivity contribution in [3.05, 3.63) is 64.7 Å². The zero-order valence-electron chi connectivity index (χ0n) is 16.2. The maximum Gasteiger partial charge on any atom is 0.227 e. The molecule has 0 aromatic heterocycles. The second-order valence-corrected chi connectivity index (χ2v) is 6.35. The van der Waals surface area contributed by atoms with Gasteiger partial charge in [-0.25, -0.2) is 0 Å². The number of carbonyl (C=O) groups is 2. The third-order valence-corrected chi connectivity index (χ3v) is 4.68. The summed E-state index contributed by atoms with van der Waals surface area (Å²) in [7, 11) is 1.55. The van der Waals surface area contributed by atoms with E-state index in [4.69, 9.17) is 10.00 Å². The lowest BCUT2D eigenvalue weighted by atomic mass is 10.0. The van der Waals surface area contributed by atoms with Gasteiger partial charge in [-0.05, 0) is 56.7 Å². The number of ketones is 1. The van der Waals surface area contributed by atoms with Gasteiger partial charge in [0.1, 0.15) is 5.75 Å². The van der Waals surface area contributed by atoms with E-state index in [1.807, 2.05) is 26.0 Å². The van der Waals surface area contributed by atoms with Crippen molar-refractivity contribution >= 4 is 11.7 Å². The zero-order valence-corrected chi connectivity index (χ0v) is 16.2. The minimum Gasteiger partial charge on any atom is -0.496 e. The first-order valence-electron chi connectivity index (χ1n) is 8.88. The standard InChI is InChI=1S/C22H24N2O3/c1-5-24(15(2)18-8-6-17(14-23)7-9-18)22(26)13-20-12-19(16(3)25)10-11-21(20)27-4/h6-12,15H,5,13H2,1-4H3. The zero-order chi connectivity index (χ0) is 20.0. The van der Waals surface area contributed by atoms with Gasteiger partial charge in [0.05, 0.1) is 31.2 Å². The molecule has 0 aliphatic rings. The summed E-state index contributed by atoms with van der Waals surface area (Å²) < 4.78 is 5.35. The quantitative estimate of drug-likeness (QED) is 0.698. The van der Waals surface area contributed by atoms with Crippen molar-refractivity contribution in [1.29, 1.82) is 5.26 Å². The molecule has 5 heteroatoms. The van der Waals surface area contributed by atoms with E-state index in [1.54, 1.807) is 42.3 Å². The Morgan fingerprint density at radius 2 is 1.85 bits per heavy atom. The largest absolute Gasteiger partial charge is 0.496 e. The molecule has 2 aromatic carbocycles. The summed E-state index contributed by atoms with van der Waals surface area (Å²) in [5, 5.41) is 8.94. The molecule has 1 atom stereocenters. The topological polar surface area (TPSA) is 70.4 Å². The first kappa shape index (κ1) is 20.2. The highest BCUT2D eigenvalue weighted by atomic mass is 16.5. The summed E-state index contributed by atoms with van der Waals surface area (Å²) in [4.78, 5) is 26.4. The Morgan fingerprint density at radius 1 is 1.19 bits per heavy atom. The molecule has 0 N–H and O–H groups in total. The van der Waals surface area contributed by atoms with Gasteiger partial charge in [0, 0.05) is 17.7 Å². The number of likely N-dealkylation sites (N-methyl/N-ethyl adjacent to an activating group) is 1. The van der Waals surface area contributed by atoms with E-state index >= 15 is 0 Å².